The minimum absolute atomic E-state index is 0.0445. The molecule has 0 aliphatic carbocycles. The molecule has 0 spiro atoms. The Morgan fingerprint density at radius 3 is 2.48 bits per heavy atom. The van der Waals surface area contributed by atoms with Crippen molar-refractivity contribution in [3.63, 3.8) is 0 Å². The van der Waals surface area contributed by atoms with Crippen molar-refractivity contribution in [1.82, 2.24) is 4.90 Å². The van der Waals surface area contributed by atoms with Gasteiger partial charge in [-0.2, -0.15) is 0 Å². The quantitative estimate of drug-likeness (QED) is 0.712. The SMILES string of the molecule is COC[C@]1(c2ccccc2)CCN([C@@H](C)c2ccc(Br)cc2)C(=O)O1. The van der Waals surface area contributed by atoms with Gasteiger partial charge in [-0.15, -0.1) is 0 Å². The number of halogens is 1. The van der Waals surface area contributed by atoms with Crippen LogP contribution in [0.4, 0.5) is 4.79 Å². The average Bonchev–Trinajstić information content (AvgIpc) is 2.63. The van der Waals surface area contributed by atoms with Crippen molar-refractivity contribution in [3.05, 3.63) is 70.2 Å². The van der Waals surface area contributed by atoms with Crippen molar-refractivity contribution in [1.29, 1.82) is 0 Å². The minimum atomic E-state index is -0.719. The Morgan fingerprint density at radius 2 is 1.88 bits per heavy atom. The molecule has 0 N–H and O–H groups in total. The first kappa shape index (κ1) is 18.0. The molecule has 4 nitrogen and oxygen atoms in total. The second kappa shape index (κ2) is 7.58. The number of rotatable bonds is 5. The summed E-state index contributed by atoms with van der Waals surface area (Å²) in [5.41, 5.74) is 1.34. The number of carbonyl (C=O) groups excluding carboxylic acids is 1. The van der Waals surface area contributed by atoms with Crippen LogP contribution in [-0.4, -0.2) is 31.3 Å². The van der Waals surface area contributed by atoms with Crippen LogP contribution in [0.3, 0.4) is 0 Å². The molecule has 0 unspecified atom stereocenters. The number of carbonyl (C=O) groups is 1. The van der Waals surface area contributed by atoms with E-state index in [1.54, 1.807) is 12.0 Å². The zero-order valence-corrected chi connectivity index (χ0v) is 16.0. The molecule has 132 valence electrons. The van der Waals surface area contributed by atoms with Crippen molar-refractivity contribution < 1.29 is 14.3 Å². The van der Waals surface area contributed by atoms with Crippen LogP contribution < -0.4 is 0 Å². The Morgan fingerprint density at radius 1 is 1.20 bits per heavy atom. The van der Waals surface area contributed by atoms with Gasteiger partial charge in [0.15, 0.2) is 5.60 Å². The third-order valence-electron chi connectivity index (χ3n) is 4.77. The van der Waals surface area contributed by atoms with E-state index in [0.29, 0.717) is 19.6 Å². The normalized spacial score (nSPS) is 21.7. The number of methoxy groups -OCH3 is 1. The van der Waals surface area contributed by atoms with Gasteiger partial charge in [0.05, 0.1) is 12.6 Å². The first-order valence-electron chi connectivity index (χ1n) is 8.35. The third kappa shape index (κ3) is 3.72. The van der Waals surface area contributed by atoms with Gasteiger partial charge in [-0.25, -0.2) is 4.79 Å². The monoisotopic (exact) mass is 403 g/mol. The van der Waals surface area contributed by atoms with Crippen LogP contribution in [0.25, 0.3) is 0 Å². The number of ether oxygens (including phenoxy) is 2. The summed E-state index contributed by atoms with van der Waals surface area (Å²) in [6, 6.07) is 17.8. The fourth-order valence-electron chi connectivity index (χ4n) is 3.31. The first-order chi connectivity index (χ1) is 12.1. The number of cyclic esters (lactones) is 1. The Labute approximate surface area is 156 Å². The highest BCUT2D eigenvalue weighted by atomic mass is 79.9. The fraction of sp³-hybridized carbons (Fsp3) is 0.350. The van der Waals surface area contributed by atoms with Crippen molar-refractivity contribution in [2.45, 2.75) is 25.0 Å². The molecule has 25 heavy (non-hydrogen) atoms. The third-order valence-corrected chi connectivity index (χ3v) is 5.30. The molecule has 0 aromatic heterocycles. The maximum atomic E-state index is 12.8. The fourth-order valence-corrected chi connectivity index (χ4v) is 3.57. The van der Waals surface area contributed by atoms with E-state index in [9.17, 15) is 4.79 Å². The Balaban J connectivity index is 1.81. The highest BCUT2D eigenvalue weighted by Crippen LogP contribution is 2.37. The van der Waals surface area contributed by atoms with Crippen molar-refractivity contribution in [3.8, 4) is 0 Å². The average molecular weight is 404 g/mol. The van der Waals surface area contributed by atoms with Crippen LogP contribution in [0.1, 0.15) is 30.5 Å². The minimum Gasteiger partial charge on any atom is -0.435 e. The molecule has 1 saturated heterocycles. The molecule has 0 saturated carbocycles. The lowest BCUT2D eigenvalue weighted by atomic mass is 9.89. The summed E-state index contributed by atoms with van der Waals surface area (Å²) in [5, 5.41) is 0. The summed E-state index contributed by atoms with van der Waals surface area (Å²) in [5.74, 6) is 0. The largest absolute Gasteiger partial charge is 0.435 e. The zero-order valence-electron chi connectivity index (χ0n) is 14.4. The van der Waals surface area contributed by atoms with Crippen LogP contribution in [0.5, 0.6) is 0 Å². The van der Waals surface area contributed by atoms with Gasteiger partial charge in [-0.3, -0.25) is 0 Å². The molecular weight excluding hydrogens is 382 g/mol. The second-order valence-corrected chi connectivity index (χ2v) is 7.25. The number of amides is 1. The van der Waals surface area contributed by atoms with Gasteiger partial charge < -0.3 is 14.4 Å². The summed E-state index contributed by atoms with van der Waals surface area (Å²) in [4.78, 5) is 14.6. The molecular formula is C20H22BrNO3. The van der Waals surface area contributed by atoms with Crippen LogP contribution >= 0.6 is 15.9 Å². The maximum Gasteiger partial charge on any atom is 0.411 e. The van der Waals surface area contributed by atoms with E-state index in [2.05, 4.69) is 15.9 Å². The molecule has 1 aliphatic heterocycles. The van der Waals surface area contributed by atoms with E-state index in [1.807, 2.05) is 61.5 Å². The van der Waals surface area contributed by atoms with E-state index >= 15 is 0 Å². The number of hydrogen-bond acceptors (Lipinski definition) is 3. The maximum absolute atomic E-state index is 12.8. The van der Waals surface area contributed by atoms with Crippen LogP contribution in [0, 0.1) is 0 Å². The summed E-state index contributed by atoms with van der Waals surface area (Å²) in [6.07, 6.45) is 0.389. The topological polar surface area (TPSA) is 38.8 Å². The Kier molecular flexibility index (Phi) is 5.45. The predicted octanol–water partition coefficient (Wildman–Crippen LogP) is 4.89. The van der Waals surface area contributed by atoms with Crippen LogP contribution in [-0.2, 0) is 15.1 Å². The number of nitrogens with zero attached hydrogens (tertiary/aromatic N) is 1. The van der Waals surface area contributed by atoms with Gasteiger partial charge >= 0.3 is 6.09 Å². The van der Waals surface area contributed by atoms with Crippen LogP contribution in [0.15, 0.2) is 59.1 Å². The standard InChI is InChI=1S/C20H22BrNO3/c1-15(16-8-10-18(21)11-9-16)22-13-12-20(14-24-2,25-19(22)23)17-6-4-3-5-7-17/h3-11,15H,12-14H2,1-2H3/t15-,20-/m0/s1. The molecule has 5 heteroatoms. The van der Waals surface area contributed by atoms with E-state index in [4.69, 9.17) is 9.47 Å². The lowest BCUT2D eigenvalue weighted by Crippen LogP contribution is -2.50. The number of hydrogen-bond donors (Lipinski definition) is 0. The van der Waals surface area contributed by atoms with Gasteiger partial charge in [0.1, 0.15) is 0 Å². The summed E-state index contributed by atoms with van der Waals surface area (Å²) < 4.78 is 12.3. The van der Waals surface area contributed by atoms with Gasteiger partial charge in [0, 0.05) is 24.5 Å². The van der Waals surface area contributed by atoms with E-state index in [-0.39, 0.29) is 12.1 Å². The first-order valence-corrected chi connectivity index (χ1v) is 9.14. The Hall–Kier alpha value is -1.85. The smallest absolute Gasteiger partial charge is 0.411 e. The molecule has 1 heterocycles. The molecule has 1 amide bonds. The second-order valence-electron chi connectivity index (χ2n) is 6.33. The lowest BCUT2D eigenvalue weighted by molar-refractivity contribution is -0.0964. The molecule has 1 fully saturated rings. The molecule has 0 radical (unpaired) electrons. The molecule has 2 atom stereocenters. The van der Waals surface area contributed by atoms with Crippen molar-refractivity contribution >= 4 is 22.0 Å². The van der Waals surface area contributed by atoms with Crippen LogP contribution in [0.2, 0.25) is 0 Å². The molecule has 1 aliphatic rings. The molecule has 2 aromatic rings. The van der Waals surface area contributed by atoms with Gasteiger partial charge in [-0.05, 0) is 30.2 Å². The molecule has 0 bridgehead atoms. The lowest BCUT2D eigenvalue weighted by Gasteiger charge is -2.43. The van der Waals surface area contributed by atoms with E-state index in [1.165, 1.54) is 0 Å². The number of benzene rings is 2. The predicted molar refractivity (Wildman–Crippen MR) is 100 cm³/mol. The highest BCUT2D eigenvalue weighted by Gasteiger charge is 2.43. The van der Waals surface area contributed by atoms with E-state index in [0.717, 1.165) is 15.6 Å². The Bertz CT molecular complexity index is 719. The summed E-state index contributed by atoms with van der Waals surface area (Å²) >= 11 is 3.44. The summed E-state index contributed by atoms with van der Waals surface area (Å²) in [7, 11) is 1.63. The van der Waals surface area contributed by atoms with Gasteiger partial charge in [0.25, 0.3) is 0 Å². The summed E-state index contributed by atoms with van der Waals surface area (Å²) in [6.45, 7) is 2.99. The van der Waals surface area contributed by atoms with Gasteiger partial charge in [-0.1, -0.05) is 58.4 Å². The van der Waals surface area contributed by atoms with Crippen molar-refractivity contribution in [2.24, 2.45) is 0 Å². The van der Waals surface area contributed by atoms with Gasteiger partial charge in [0.2, 0.25) is 0 Å². The molecule has 3 rings (SSSR count). The van der Waals surface area contributed by atoms with E-state index < -0.39 is 5.60 Å². The van der Waals surface area contributed by atoms with Crippen molar-refractivity contribution in [2.75, 3.05) is 20.3 Å². The highest BCUT2D eigenvalue weighted by molar-refractivity contribution is 9.10. The zero-order chi connectivity index (χ0) is 17.9. The molecule has 2 aromatic carbocycles.